The molecule has 0 aliphatic heterocycles. The van der Waals surface area contributed by atoms with Gasteiger partial charge in [0.05, 0.1) is 23.8 Å². The normalized spacial score (nSPS) is 10.3. The zero-order valence-corrected chi connectivity index (χ0v) is 11.2. The van der Waals surface area contributed by atoms with E-state index in [1.54, 1.807) is 18.2 Å². The zero-order valence-electron chi connectivity index (χ0n) is 9.62. The van der Waals surface area contributed by atoms with E-state index >= 15 is 0 Å². The molecule has 0 spiro atoms. The Balaban J connectivity index is 2.86. The molecule has 0 radical (unpaired) electrons. The highest BCUT2D eigenvalue weighted by Crippen LogP contribution is 2.26. The van der Waals surface area contributed by atoms with Gasteiger partial charge in [-0.15, -0.1) is 0 Å². The Labute approximate surface area is 104 Å². The molecule has 0 fully saturated rings. The number of esters is 1. The van der Waals surface area contributed by atoms with Gasteiger partial charge in [-0.2, -0.15) is 0 Å². The van der Waals surface area contributed by atoms with E-state index in [4.69, 9.17) is 4.74 Å². The summed E-state index contributed by atoms with van der Waals surface area (Å²) in [6.07, 6.45) is 0. The van der Waals surface area contributed by atoms with Crippen LogP contribution in [-0.4, -0.2) is 19.7 Å². The molecule has 0 aromatic heterocycles. The first-order chi connectivity index (χ1) is 7.54. The molecule has 0 amide bonds. The van der Waals surface area contributed by atoms with Crippen LogP contribution in [0.4, 0.5) is 0 Å². The SMILES string of the molecule is COC(=O)c1ccc(Br)c(OCC(C)C)c1. The Kier molecular flexibility index (Phi) is 4.80. The highest BCUT2D eigenvalue weighted by Gasteiger charge is 2.09. The van der Waals surface area contributed by atoms with E-state index in [1.807, 2.05) is 0 Å². The molecular formula is C12H15BrO3. The van der Waals surface area contributed by atoms with Crippen LogP contribution in [0, 0.1) is 5.92 Å². The smallest absolute Gasteiger partial charge is 0.337 e. The predicted molar refractivity (Wildman–Crippen MR) is 65.8 cm³/mol. The first-order valence-corrected chi connectivity index (χ1v) is 5.84. The second-order valence-corrected chi connectivity index (χ2v) is 4.70. The third kappa shape index (κ3) is 3.52. The molecule has 0 aliphatic rings. The largest absolute Gasteiger partial charge is 0.492 e. The number of ether oxygens (including phenoxy) is 2. The van der Waals surface area contributed by atoms with E-state index in [1.165, 1.54) is 7.11 Å². The van der Waals surface area contributed by atoms with Crippen LogP contribution >= 0.6 is 15.9 Å². The van der Waals surface area contributed by atoms with Crippen LogP contribution in [0.3, 0.4) is 0 Å². The predicted octanol–water partition coefficient (Wildman–Crippen LogP) is 3.27. The van der Waals surface area contributed by atoms with E-state index < -0.39 is 0 Å². The number of carbonyl (C=O) groups excluding carboxylic acids is 1. The van der Waals surface area contributed by atoms with Crippen molar-refractivity contribution in [3.05, 3.63) is 28.2 Å². The van der Waals surface area contributed by atoms with Crippen molar-refractivity contribution in [2.75, 3.05) is 13.7 Å². The van der Waals surface area contributed by atoms with Crippen molar-refractivity contribution < 1.29 is 14.3 Å². The third-order valence-electron chi connectivity index (χ3n) is 1.92. The van der Waals surface area contributed by atoms with Crippen molar-refractivity contribution in [1.82, 2.24) is 0 Å². The maximum atomic E-state index is 11.3. The lowest BCUT2D eigenvalue weighted by Gasteiger charge is -2.11. The fourth-order valence-corrected chi connectivity index (χ4v) is 1.48. The van der Waals surface area contributed by atoms with E-state index in [0.717, 1.165) is 4.47 Å². The summed E-state index contributed by atoms with van der Waals surface area (Å²) in [5.74, 6) is 0.743. The summed E-state index contributed by atoms with van der Waals surface area (Å²) in [7, 11) is 1.36. The summed E-state index contributed by atoms with van der Waals surface area (Å²) in [5, 5.41) is 0. The van der Waals surface area contributed by atoms with Gasteiger partial charge in [-0.25, -0.2) is 4.79 Å². The van der Waals surface area contributed by atoms with Crippen LogP contribution in [0.2, 0.25) is 0 Å². The van der Waals surface area contributed by atoms with Crippen molar-refractivity contribution in [2.45, 2.75) is 13.8 Å². The van der Waals surface area contributed by atoms with E-state index in [9.17, 15) is 4.79 Å². The lowest BCUT2D eigenvalue weighted by molar-refractivity contribution is 0.0600. The van der Waals surface area contributed by atoms with Crippen LogP contribution < -0.4 is 4.74 Å². The Morgan fingerprint density at radius 3 is 2.69 bits per heavy atom. The topological polar surface area (TPSA) is 35.5 Å². The summed E-state index contributed by atoms with van der Waals surface area (Å²) >= 11 is 3.37. The van der Waals surface area contributed by atoms with Gasteiger partial charge in [0.1, 0.15) is 5.75 Å². The quantitative estimate of drug-likeness (QED) is 0.797. The van der Waals surface area contributed by atoms with Crippen LogP contribution in [0.15, 0.2) is 22.7 Å². The monoisotopic (exact) mass is 286 g/mol. The minimum atomic E-state index is -0.359. The molecule has 1 aromatic carbocycles. The van der Waals surface area contributed by atoms with Crippen LogP contribution in [-0.2, 0) is 4.74 Å². The lowest BCUT2D eigenvalue weighted by Crippen LogP contribution is -2.06. The average molecular weight is 287 g/mol. The van der Waals surface area contributed by atoms with Crippen molar-refractivity contribution in [3.63, 3.8) is 0 Å². The maximum Gasteiger partial charge on any atom is 0.337 e. The second kappa shape index (κ2) is 5.89. The molecule has 0 saturated heterocycles. The molecule has 0 saturated carbocycles. The molecule has 88 valence electrons. The van der Waals surface area contributed by atoms with Crippen molar-refractivity contribution in [1.29, 1.82) is 0 Å². The van der Waals surface area contributed by atoms with Gasteiger partial charge < -0.3 is 9.47 Å². The van der Waals surface area contributed by atoms with Gasteiger partial charge >= 0.3 is 5.97 Å². The Bertz CT molecular complexity index is 375. The highest BCUT2D eigenvalue weighted by molar-refractivity contribution is 9.10. The first kappa shape index (κ1) is 13.0. The molecule has 16 heavy (non-hydrogen) atoms. The lowest BCUT2D eigenvalue weighted by atomic mass is 10.2. The molecular weight excluding hydrogens is 272 g/mol. The summed E-state index contributed by atoms with van der Waals surface area (Å²) in [6, 6.07) is 5.15. The molecule has 0 unspecified atom stereocenters. The molecule has 1 aromatic rings. The van der Waals surface area contributed by atoms with Crippen LogP contribution in [0.1, 0.15) is 24.2 Å². The summed E-state index contributed by atoms with van der Waals surface area (Å²) in [5.41, 5.74) is 0.490. The third-order valence-corrected chi connectivity index (χ3v) is 2.58. The van der Waals surface area contributed by atoms with Gasteiger partial charge in [0.15, 0.2) is 0 Å². The number of hydrogen-bond acceptors (Lipinski definition) is 3. The van der Waals surface area contributed by atoms with Crippen LogP contribution in [0.5, 0.6) is 5.75 Å². The summed E-state index contributed by atoms with van der Waals surface area (Å²) in [6.45, 7) is 4.75. The van der Waals surface area contributed by atoms with Gasteiger partial charge in [-0.05, 0) is 40.0 Å². The Morgan fingerprint density at radius 2 is 2.12 bits per heavy atom. The Hall–Kier alpha value is -1.03. The highest BCUT2D eigenvalue weighted by atomic mass is 79.9. The van der Waals surface area contributed by atoms with Gasteiger partial charge in [0.25, 0.3) is 0 Å². The second-order valence-electron chi connectivity index (χ2n) is 3.84. The van der Waals surface area contributed by atoms with Crippen molar-refractivity contribution in [2.24, 2.45) is 5.92 Å². The molecule has 0 aliphatic carbocycles. The number of benzene rings is 1. The standard InChI is InChI=1S/C12H15BrO3/c1-8(2)7-16-11-6-9(12(14)15-3)4-5-10(11)13/h4-6,8H,7H2,1-3H3. The van der Waals surface area contributed by atoms with Gasteiger partial charge in [-0.3, -0.25) is 0 Å². The average Bonchev–Trinajstić information content (AvgIpc) is 2.26. The summed E-state index contributed by atoms with van der Waals surface area (Å²) in [4.78, 5) is 11.3. The van der Waals surface area contributed by atoms with Crippen molar-refractivity contribution >= 4 is 21.9 Å². The molecule has 1 rings (SSSR count). The molecule has 0 heterocycles. The Morgan fingerprint density at radius 1 is 1.44 bits per heavy atom. The molecule has 3 nitrogen and oxygen atoms in total. The van der Waals surface area contributed by atoms with Gasteiger partial charge in [-0.1, -0.05) is 13.8 Å². The van der Waals surface area contributed by atoms with E-state index in [2.05, 4.69) is 34.5 Å². The zero-order chi connectivity index (χ0) is 12.1. The van der Waals surface area contributed by atoms with E-state index in [0.29, 0.717) is 23.8 Å². The van der Waals surface area contributed by atoms with Crippen molar-refractivity contribution in [3.8, 4) is 5.75 Å². The molecule has 0 bridgehead atoms. The summed E-state index contributed by atoms with van der Waals surface area (Å²) < 4.78 is 11.1. The number of hydrogen-bond donors (Lipinski definition) is 0. The minimum absolute atomic E-state index is 0.359. The number of rotatable bonds is 4. The number of halogens is 1. The molecule has 0 N–H and O–H groups in total. The first-order valence-electron chi connectivity index (χ1n) is 5.05. The fraction of sp³-hybridized carbons (Fsp3) is 0.417. The van der Waals surface area contributed by atoms with Gasteiger partial charge in [0.2, 0.25) is 0 Å². The minimum Gasteiger partial charge on any atom is -0.492 e. The fourth-order valence-electron chi connectivity index (χ4n) is 1.12. The number of carbonyl (C=O) groups is 1. The van der Waals surface area contributed by atoms with Gasteiger partial charge in [0, 0.05) is 0 Å². The molecule has 4 heteroatoms. The molecule has 0 atom stereocenters. The van der Waals surface area contributed by atoms with Crippen LogP contribution in [0.25, 0.3) is 0 Å². The number of methoxy groups -OCH3 is 1. The maximum absolute atomic E-state index is 11.3. The van der Waals surface area contributed by atoms with E-state index in [-0.39, 0.29) is 5.97 Å².